The maximum atomic E-state index is 12.8. The molecule has 0 aliphatic carbocycles. The van der Waals surface area contributed by atoms with Gasteiger partial charge >= 0.3 is 5.97 Å². The second-order valence-corrected chi connectivity index (χ2v) is 7.10. The van der Waals surface area contributed by atoms with E-state index in [0.29, 0.717) is 23.1 Å². The predicted molar refractivity (Wildman–Crippen MR) is 109 cm³/mol. The largest absolute Gasteiger partial charge is 0.497 e. The molecule has 8 heteroatoms. The Labute approximate surface area is 174 Å². The molecule has 0 spiro atoms. The average molecular weight is 419 g/mol. The third kappa shape index (κ3) is 4.56. The molecule has 0 aromatic heterocycles. The van der Waals surface area contributed by atoms with E-state index in [1.807, 2.05) is 18.2 Å². The normalized spacial score (nSPS) is 15.8. The average Bonchev–Trinajstić information content (AvgIpc) is 3.21. The first-order valence-corrected chi connectivity index (χ1v) is 9.56. The summed E-state index contributed by atoms with van der Waals surface area (Å²) < 4.78 is 16.0. The van der Waals surface area contributed by atoms with Crippen LogP contribution in [0.15, 0.2) is 36.4 Å². The first kappa shape index (κ1) is 20.8. The minimum absolute atomic E-state index is 0.174. The van der Waals surface area contributed by atoms with Gasteiger partial charge in [-0.25, -0.2) is 4.79 Å². The first-order chi connectivity index (χ1) is 13.9. The Bertz CT molecular complexity index is 918. The van der Waals surface area contributed by atoms with Gasteiger partial charge in [0.1, 0.15) is 11.5 Å². The lowest BCUT2D eigenvalue weighted by molar-refractivity contribution is -0.135. The van der Waals surface area contributed by atoms with E-state index < -0.39 is 5.97 Å². The minimum Gasteiger partial charge on any atom is -0.497 e. The van der Waals surface area contributed by atoms with Crippen LogP contribution in [-0.2, 0) is 9.53 Å². The van der Waals surface area contributed by atoms with Crippen molar-refractivity contribution in [2.24, 2.45) is 0 Å². The molecule has 0 bridgehead atoms. The molecule has 154 valence electrons. The molecule has 0 saturated carbocycles. The van der Waals surface area contributed by atoms with Crippen LogP contribution >= 0.6 is 11.6 Å². The maximum Gasteiger partial charge on any atom is 0.340 e. The standard InChI is InChI=1S/C21H23ClN2O5/c1-27-14-6-8-19(28-2)16(11-14)18-4-3-9-24(18)20(25)12-29-21(26)15-7-5-13(22)10-17(15)23/h5-8,10-11,18H,3-4,9,12,23H2,1-2H3/t18-/m1/s1. The molecule has 2 N–H and O–H groups in total. The van der Waals surface area contributed by atoms with Crippen molar-refractivity contribution in [2.75, 3.05) is 33.1 Å². The fourth-order valence-electron chi connectivity index (χ4n) is 3.50. The Morgan fingerprint density at radius 1 is 1.17 bits per heavy atom. The Kier molecular flexibility index (Phi) is 6.49. The van der Waals surface area contributed by atoms with E-state index in [1.165, 1.54) is 12.1 Å². The van der Waals surface area contributed by atoms with Crippen molar-refractivity contribution in [1.29, 1.82) is 0 Å². The van der Waals surface area contributed by atoms with E-state index in [1.54, 1.807) is 25.2 Å². The zero-order valence-electron chi connectivity index (χ0n) is 16.3. The number of esters is 1. The van der Waals surface area contributed by atoms with Crippen molar-refractivity contribution >= 4 is 29.2 Å². The van der Waals surface area contributed by atoms with Crippen LogP contribution in [0.5, 0.6) is 11.5 Å². The van der Waals surface area contributed by atoms with Crippen LogP contribution < -0.4 is 15.2 Å². The van der Waals surface area contributed by atoms with Gasteiger partial charge in [-0.15, -0.1) is 0 Å². The zero-order valence-corrected chi connectivity index (χ0v) is 17.1. The molecule has 0 unspecified atom stereocenters. The Morgan fingerprint density at radius 3 is 2.66 bits per heavy atom. The van der Waals surface area contributed by atoms with Gasteiger partial charge in [-0.05, 0) is 49.2 Å². The second kappa shape index (κ2) is 9.05. The Hall–Kier alpha value is -2.93. The van der Waals surface area contributed by atoms with Gasteiger partial charge in [0.15, 0.2) is 6.61 Å². The van der Waals surface area contributed by atoms with Crippen LogP contribution in [0.3, 0.4) is 0 Å². The van der Waals surface area contributed by atoms with Gasteiger partial charge in [0.05, 0.1) is 25.8 Å². The van der Waals surface area contributed by atoms with Crippen LogP contribution in [0, 0.1) is 0 Å². The number of benzene rings is 2. The number of nitrogen functional groups attached to an aromatic ring is 1. The second-order valence-electron chi connectivity index (χ2n) is 6.66. The summed E-state index contributed by atoms with van der Waals surface area (Å²) in [5.41, 5.74) is 7.05. The molecule has 1 aliphatic heterocycles. The number of amides is 1. The van der Waals surface area contributed by atoms with Crippen molar-refractivity contribution in [3.63, 3.8) is 0 Å². The van der Waals surface area contributed by atoms with E-state index >= 15 is 0 Å². The van der Waals surface area contributed by atoms with E-state index in [9.17, 15) is 9.59 Å². The summed E-state index contributed by atoms with van der Waals surface area (Å²) in [4.78, 5) is 26.8. The Balaban J connectivity index is 1.71. The van der Waals surface area contributed by atoms with Crippen molar-refractivity contribution in [3.05, 3.63) is 52.5 Å². The van der Waals surface area contributed by atoms with Gasteiger partial charge in [-0.2, -0.15) is 0 Å². The summed E-state index contributed by atoms with van der Waals surface area (Å²) in [7, 11) is 3.18. The fraction of sp³-hybridized carbons (Fsp3) is 0.333. The number of anilines is 1. The maximum absolute atomic E-state index is 12.8. The lowest BCUT2D eigenvalue weighted by atomic mass is 10.0. The monoisotopic (exact) mass is 418 g/mol. The SMILES string of the molecule is COc1ccc(OC)c([C@H]2CCCN2C(=O)COC(=O)c2ccc(Cl)cc2N)c1. The minimum atomic E-state index is -0.665. The van der Waals surface area contributed by atoms with Crippen molar-refractivity contribution < 1.29 is 23.8 Å². The quantitative estimate of drug-likeness (QED) is 0.570. The molecular formula is C21H23ClN2O5. The third-order valence-electron chi connectivity index (χ3n) is 4.93. The van der Waals surface area contributed by atoms with Crippen LogP contribution in [0.2, 0.25) is 5.02 Å². The van der Waals surface area contributed by atoms with Crippen LogP contribution in [0.1, 0.15) is 34.8 Å². The molecule has 1 aliphatic rings. The molecule has 29 heavy (non-hydrogen) atoms. The van der Waals surface area contributed by atoms with Gasteiger partial charge in [0.25, 0.3) is 5.91 Å². The molecule has 1 saturated heterocycles. The number of halogens is 1. The number of likely N-dealkylation sites (tertiary alicyclic amines) is 1. The Morgan fingerprint density at radius 2 is 1.97 bits per heavy atom. The van der Waals surface area contributed by atoms with Gasteiger partial charge in [0.2, 0.25) is 0 Å². The van der Waals surface area contributed by atoms with E-state index in [0.717, 1.165) is 18.4 Å². The number of hydrogen-bond acceptors (Lipinski definition) is 6. The predicted octanol–water partition coefficient (Wildman–Crippen LogP) is 3.46. The number of nitrogens with two attached hydrogens (primary N) is 1. The van der Waals surface area contributed by atoms with Gasteiger partial charge < -0.3 is 24.8 Å². The topological polar surface area (TPSA) is 91.1 Å². The van der Waals surface area contributed by atoms with Crippen LogP contribution in [0.25, 0.3) is 0 Å². The summed E-state index contributed by atoms with van der Waals surface area (Å²) in [5.74, 6) is 0.423. The van der Waals surface area contributed by atoms with Crippen molar-refractivity contribution in [2.45, 2.75) is 18.9 Å². The molecule has 2 aromatic rings. The molecule has 1 amide bonds. The lowest BCUT2D eigenvalue weighted by Gasteiger charge is -2.26. The fourth-order valence-corrected chi connectivity index (χ4v) is 3.68. The molecule has 1 fully saturated rings. The number of carbonyl (C=O) groups is 2. The summed E-state index contributed by atoms with van der Waals surface area (Å²) in [6, 6.07) is 9.81. The number of hydrogen-bond donors (Lipinski definition) is 1. The van der Waals surface area contributed by atoms with Crippen LogP contribution in [-0.4, -0.2) is 44.1 Å². The highest BCUT2D eigenvalue weighted by molar-refractivity contribution is 6.31. The van der Waals surface area contributed by atoms with Gasteiger partial charge in [-0.3, -0.25) is 4.79 Å². The summed E-state index contributed by atoms with van der Waals surface area (Å²) in [6.45, 7) is 0.203. The first-order valence-electron chi connectivity index (χ1n) is 9.18. The highest BCUT2D eigenvalue weighted by Crippen LogP contribution is 2.39. The summed E-state index contributed by atoms with van der Waals surface area (Å²) in [6.07, 6.45) is 1.63. The van der Waals surface area contributed by atoms with E-state index in [2.05, 4.69) is 0 Å². The van der Waals surface area contributed by atoms with E-state index in [4.69, 9.17) is 31.5 Å². The zero-order chi connectivity index (χ0) is 21.0. The molecule has 3 rings (SSSR count). The van der Waals surface area contributed by atoms with Gasteiger partial charge in [0, 0.05) is 22.8 Å². The van der Waals surface area contributed by atoms with Gasteiger partial charge in [-0.1, -0.05) is 11.6 Å². The summed E-state index contributed by atoms with van der Waals surface area (Å²) in [5, 5.41) is 0.419. The molecule has 0 radical (unpaired) electrons. The molecular weight excluding hydrogens is 396 g/mol. The molecule has 1 atom stereocenters. The van der Waals surface area contributed by atoms with Crippen LogP contribution in [0.4, 0.5) is 5.69 Å². The number of carbonyl (C=O) groups excluding carboxylic acids is 2. The lowest BCUT2D eigenvalue weighted by Crippen LogP contribution is -2.34. The van der Waals surface area contributed by atoms with Crippen molar-refractivity contribution in [1.82, 2.24) is 4.90 Å². The number of methoxy groups -OCH3 is 2. The highest BCUT2D eigenvalue weighted by Gasteiger charge is 2.32. The summed E-state index contributed by atoms with van der Waals surface area (Å²) >= 11 is 5.84. The molecule has 1 heterocycles. The number of rotatable bonds is 6. The number of nitrogens with zero attached hydrogens (tertiary/aromatic N) is 1. The molecule has 7 nitrogen and oxygen atoms in total. The third-order valence-corrected chi connectivity index (χ3v) is 5.16. The van der Waals surface area contributed by atoms with E-state index in [-0.39, 0.29) is 29.8 Å². The molecule has 2 aromatic carbocycles. The highest BCUT2D eigenvalue weighted by atomic mass is 35.5. The van der Waals surface area contributed by atoms with Crippen molar-refractivity contribution in [3.8, 4) is 11.5 Å². The number of ether oxygens (including phenoxy) is 3. The smallest absolute Gasteiger partial charge is 0.340 e.